The van der Waals surface area contributed by atoms with Crippen molar-refractivity contribution >= 4 is 27.5 Å². The number of methoxy groups -OCH3 is 3. The van der Waals surface area contributed by atoms with E-state index in [1.165, 1.54) is 33.5 Å². The first-order chi connectivity index (χ1) is 13.9. The van der Waals surface area contributed by atoms with E-state index in [1.54, 1.807) is 4.83 Å². The van der Waals surface area contributed by atoms with Crippen LogP contribution in [-0.4, -0.2) is 35.7 Å². The monoisotopic (exact) mass is 468 g/mol. The molecule has 2 N–H and O–H groups in total. The lowest BCUT2D eigenvalue weighted by Crippen LogP contribution is -2.41. The van der Waals surface area contributed by atoms with Crippen molar-refractivity contribution in [2.75, 3.05) is 21.3 Å². The van der Waals surface area contributed by atoms with Crippen LogP contribution in [0, 0.1) is 0 Å². The first kappa shape index (κ1) is 23.6. The number of sulfonamides is 1. The first-order valence-electron chi connectivity index (χ1n) is 7.93. The van der Waals surface area contributed by atoms with Crippen LogP contribution in [-0.2, 0) is 16.2 Å². The van der Waals surface area contributed by atoms with Gasteiger partial charge in [-0.15, -0.1) is 4.83 Å². The topological polar surface area (TPSA) is 103 Å². The second-order valence-electron chi connectivity index (χ2n) is 5.61. The summed E-state index contributed by atoms with van der Waals surface area (Å²) in [7, 11) is -0.538. The Morgan fingerprint density at radius 3 is 2.03 bits per heavy atom. The number of nitrogens with one attached hydrogen (secondary N) is 2. The van der Waals surface area contributed by atoms with Gasteiger partial charge in [0.25, 0.3) is 15.9 Å². The maximum atomic E-state index is 13.0. The third kappa shape index (κ3) is 5.07. The number of alkyl halides is 3. The third-order valence-electron chi connectivity index (χ3n) is 3.78. The van der Waals surface area contributed by atoms with Crippen LogP contribution >= 0.6 is 11.6 Å². The number of hydrazine groups is 1. The van der Waals surface area contributed by atoms with Gasteiger partial charge < -0.3 is 14.2 Å². The van der Waals surface area contributed by atoms with Gasteiger partial charge in [-0.05, 0) is 30.3 Å². The summed E-state index contributed by atoms with van der Waals surface area (Å²) < 4.78 is 78.8. The molecule has 0 saturated carbocycles. The fourth-order valence-corrected chi connectivity index (χ4v) is 3.44. The fraction of sp³-hybridized carbons (Fsp3) is 0.235. The zero-order valence-corrected chi connectivity index (χ0v) is 17.3. The van der Waals surface area contributed by atoms with Crippen LogP contribution < -0.4 is 24.5 Å². The Kier molecular flexibility index (Phi) is 7.06. The summed E-state index contributed by atoms with van der Waals surface area (Å²) in [5.41, 5.74) is 0.507. The molecule has 0 saturated heterocycles. The van der Waals surface area contributed by atoms with Gasteiger partial charge in [0.2, 0.25) is 5.75 Å². The second-order valence-corrected chi connectivity index (χ2v) is 7.70. The summed E-state index contributed by atoms with van der Waals surface area (Å²) in [6, 6.07) is 4.53. The molecule has 0 aliphatic carbocycles. The normalized spacial score (nSPS) is 11.7. The van der Waals surface area contributed by atoms with E-state index >= 15 is 0 Å². The van der Waals surface area contributed by atoms with Crippen LogP contribution in [0.3, 0.4) is 0 Å². The molecule has 1 amide bonds. The summed E-state index contributed by atoms with van der Waals surface area (Å²) in [5, 5.41) is -0.664. The van der Waals surface area contributed by atoms with E-state index in [-0.39, 0.29) is 22.8 Å². The van der Waals surface area contributed by atoms with E-state index in [2.05, 4.69) is 0 Å². The molecule has 2 aromatic carbocycles. The van der Waals surface area contributed by atoms with Crippen LogP contribution in [0.15, 0.2) is 35.2 Å². The number of hydrogen-bond acceptors (Lipinski definition) is 6. The smallest absolute Gasteiger partial charge is 0.417 e. The Morgan fingerprint density at radius 2 is 1.57 bits per heavy atom. The number of halogens is 4. The molecule has 164 valence electrons. The molecule has 0 radical (unpaired) electrons. The lowest BCUT2D eigenvalue weighted by atomic mass is 10.1. The second kappa shape index (κ2) is 8.98. The lowest BCUT2D eigenvalue weighted by Gasteiger charge is -2.15. The molecule has 0 unspecified atom stereocenters. The van der Waals surface area contributed by atoms with Crippen LogP contribution in [0.1, 0.15) is 15.9 Å². The molecule has 0 fully saturated rings. The van der Waals surface area contributed by atoms with E-state index < -0.39 is 37.6 Å². The van der Waals surface area contributed by atoms with Crippen LogP contribution in [0.25, 0.3) is 0 Å². The average Bonchev–Trinajstić information content (AvgIpc) is 2.70. The molecule has 8 nitrogen and oxygen atoms in total. The van der Waals surface area contributed by atoms with Gasteiger partial charge in [0.05, 0.1) is 36.8 Å². The van der Waals surface area contributed by atoms with E-state index in [4.69, 9.17) is 25.8 Å². The van der Waals surface area contributed by atoms with Crippen LogP contribution in [0.4, 0.5) is 13.2 Å². The molecule has 0 aliphatic rings. The summed E-state index contributed by atoms with van der Waals surface area (Å²) in [6.07, 6.45) is -4.86. The van der Waals surface area contributed by atoms with Gasteiger partial charge in [0, 0.05) is 5.56 Å². The molecular weight excluding hydrogens is 453 g/mol. The minimum atomic E-state index is -4.86. The molecule has 0 spiro atoms. The van der Waals surface area contributed by atoms with Gasteiger partial charge in [0.1, 0.15) is 0 Å². The predicted molar refractivity (Wildman–Crippen MR) is 100 cm³/mol. The number of carbonyl (C=O) groups is 1. The van der Waals surface area contributed by atoms with Crippen molar-refractivity contribution in [1.29, 1.82) is 0 Å². The average molecular weight is 469 g/mol. The molecular formula is C17H16ClF3N2O6S. The van der Waals surface area contributed by atoms with Crippen molar-refractivity contribution in [3.63, 3.8) is 0 Å². The number of hydrogen-bond donors (Lipinski definition) is 2. The van der Waals surface area contributed by atoms with Crippen molar-refractivity contribution in [2.45, 2.75) is 11.1 Å². The summed E-state index contributed by atoms with van der Waals surface area (Å²) >= 11 is 5.48. The van der Waals surface area contributed by atoms with E-state index in [9.17, 15) is 26.4 Å². The molecule has 13 heteroatoms. The summed E-state index contributed by atoms with van der Waals surface area (Å²) in [6.45, 7) is 0. The zero-order chi connectivity index (χ0) is 22.7. The maximum Gasteiger partial charge on any atom is 0.417 e. The van der Waals surface area contributed by atoms with Gasteiger partial charge in [-0.1, -0.05) is 11.6 Å². The quantitative estimate of drug-likeness (QED) is 0.606. The number of amides is 1. The highest BCUT2D eigenvalue weighted by molar-refractivity contribution is 7.89. The minimum absolute atomic E-state index is 0.0701. The standard InChI is InChI=1S/C17H16ClF3N2O6S/c1-27-13-6-9(7-14(28-2)15(13)29-3)16(24)22-23-30(25,26)10-4-5-12(18)11(8-10)17(19,20)21/h4-8,23H,1-3H3,(H,22,24). The van der Waals surface area contributed by atoms with Gasteiger partial charge in [0.15, 0.2) is 11.5 Å². The summed E-state index contributed by atoms with van der Waals surface area (Å²) in [5.74, 6) is -0.449. The minimum Gasteiger partial charge on any atom is -0.493 e. The van der Waals surface area contributed by atoms with E-state index in [0.29, 0.717) is 6.07 Å². The van der Waals surface area contributed by atoms with Gasteiger partial charge in [-0.25, -0.2) is 8.42 Å². The highest BCUT2D eigenvalue weighted by Gasteiger charge is 2.34. The zero-order valence-electron chi connectivity index (χ0n) is 15.8. The van der Waals surface area contributed by atoms with Crippen molar-refractivity contribution in [1.82, 2.24) is 10.3 Å². The van der Waals surface area contributed by atoms with Gasteiger partial charge in [-0.3, -0.25) is 10.2 Å². The molecule has 0 atom stereocenters. The van der Waals surface area contributed by atoms with Gasteiger partial charge >= 0.3 is 6.18 Å². The molecule has 0 aliphatic heterocycles. The SMILES string of the molecule is COc1cc(C(=O)NNS(=O)(=O)c2ccc(Cl)c(C(F)(F)F)c2)cc(OC)c1OC. The highest BCUT2D eigenvalue weighted by Crippen LogP contribution is 2.38. The Morgan fingerprint density at radius 1 is 1.00 bits per heavy atom. The van der Waals surface area contributed by atoms with Crippen molar-refractivity contribution in [3.05, 3.63) is 46.5 Å². The lowest BCUT2D eigenvalue weighted by molar-refractivity contribution is -0.137. The largest absolute Gasteiger partial charge is 0.493 e. The third-order valence-corrected chi connectivity index (χ3v) is 5.35. The van der Waals surface area contributed by atoms with Crippen molar-refractivity contribution in [3.8, 4) is 17.2 Å². The fourth-order valence-electron chi connectivity index (χ4n) is 2.35. The molecule has 2 rings (SSSR count). The number of benzene rings is 2. The number of carbonyl (C=O) groups excluding carboxylic acids is 1. The number of ether oxygens (including phenoxy) is 3. The maximum absolute atomic E-state index is 13.0. The summed E-state index contributed by atoms with van der Waals surface area (Å²) in [4.78, 5) is 13.3. The Hall–Kier alpha value is -2.70. The number of rotatable bonds is 7. The van der Waals surface area contributed by atoms with Crippen molar-refractivity contribution < 1.29 is 40.6 Å². The van der Waals surface area contributed by atoms with Crippen LogP contribution in [0.2, 0.25) is 5.02 Å². The van der Waals surface area contributed by atoms with Crippen LogP contribution in [0.5, 0.6) is 17.2 Å². The molecule has 2 aromatic rings. The highest BCUT2D eigenvalue weighted by atomic mass is 35.5. The van der Waals surface area contributed by atoms with Crippen molar-refractivity contribution in [2.24, 2.45) is 0 Å². The van der Waals surface area contributed by atoms with Gasteiger partial charge in [-0.2, -0.15) is 13.2 Å². The molecule has 30 heavy (non-hydrogen) atoms. The molecule has 0 heterocycles. The molecule has 0 aromatic heterocycles. The predicted octanol–water partition coefficient (Wildman–Crippen LogP) is 3.01. The Balaban J connectivity index is 2.28. The van der Waals surface area contributed by atoms with E-state index in [0.717, 1.165) is 12.1 Å². The first-order valence-corrected chi connectivity index (χ1v) is 9.79. The Labute approximate surface area is 174 Å². The van der Waals surface area contributed by atoms with E-state index in [1.807, 2.05) is 5.43 Å². The molecule has 0 bridgehead atoms. The Bertz CT molecular complexity index is 1030.